The first-order valence-corrected chi connectivity index (χ1v) is 7.22. The fourth-order valence-electron chi connectivity index (χ4n) is 2.51. The van der Waals surface area contributed by atoms with Gasteiger partial charge < -0.3 is 20.1 Å². The topological polar surface area (TPSA) is 103 Å². The summed E-state index contributed by atoms with van der Waals surface area (Å²) in [5, 5.41) is 20.6. The third-order valence-electron chi connectivity index (χ3n) is 3.70. The van der Waals surface area contributed by atoms with Gasteiger partial charge in [0.1, 0.15) is 0 Å². The number of urea groups is 1. The molecule has 7 nitrogen and oxygen atoms in total. The molecule has 1 aliphatic carbocycles. The molecule has 2 atom stereocenters. The van der Waals surface area contributed by atoms with Gasteiger partial charge in [0.25, 0.3) is 0 Å². The van der Waals surface area contributed by atoms with Gasteiger partial charge >= 0.3 is 12.0 Å². The van der Waals surface area contributed by atoms with Crippen molar-refractivity contribution in [3.05, 3.63) is 0 Å². The maximum absolute atomic E-state index is 12.2. The van der Waals surface area contributed by atoms with E-state index >= 15 is 0 Å². The standard InChI is InChI=1S/C14H23N3O4/c1-21-9-8-17(7-3-6-15)14(20)16-12-5-2-4-11(10-12)13(18)19/h11-12H,2-5,7-10H2,1H3,(H,16,20)(H,18,19). The van der Waals surface area contributed by atoms with Crippen LogP contribution >= 0.6 is 0 Å². The summed E-state index contributed by atoms with van der Waals surface area (Å²) in [6, 6.07) is 1.65. The van der Waals surface area contributed by atoms with E-state index in [0.29, 0.717) is 32.5 Å². The van der Waals surface area contributed by atoms with Crippen molar-refractivity contribution in [3.8, 4) is 6.07 Å². The van der Waals surface area contributed by atoms with Gasteiger partial charge in [-0.25, -0.2) is 4.79 Å². The van der Waals surface area contributed by atoms with Crippen LogP contribution in [0.2, 0.25) is 0 Å². The van der Waals surface area contributed by atoms with Crippen LogP contribution in [0.4, 0.5) is 4.79 Å². The number of rotatable bonds is 7. The van der Waals surface area contributed by atoms with Gasteiger partial charge in [0.05, 0.1) is 25.0 Å². The van der Waals surface area contributed by atoms with Gasteiger partial charge in [0.15, 0.2) is 0 Å². The van der Waals surface area contributed by atoms with Gasteiger partial charge in [-0.15, -0.1) is 0 Å². The highest BCUT2D eigenvalue weighted by molar-refractivity contribution is 5.75. The zero-order valence-corrected chi connectivity index (χ0v) is 12.4. The number of hydrogen-bond acceptors (Lipinski definition) is 4. The average molecular weight is 297 g/mol. The molecular weight excluding hydrogens is 274 g/mol. The third kappa shape index (κ3) is 6.00. The van der Waals surface area contributed by atoms with Crippen molar-refractivity contribution in [3.63, 3.8) is 0 Å². The molecule has 0 saturated heterocycles. The molecule has 0 aromatic carbocycles. The molecule has 118 valence electrons. The number of nitriles is 1. The Labute approximate surface area is 124 Å². The molecule has 2 unspecified atom stereocenters. The van der Waals surface area contributed by atoms with E-state index in [9.17, 15) is 9.59 Å². The number of nitrogens with zero attached hydrogens (tertiary/aromatic N) is 2. The second-order valence-electron chi connectivity index (χ2n) is 5.24. The molecule has 0 aromatic heterocycles. The summed E-state index contributed by atoms with van der Waals surface area (Å²) in [4.78, 5) is 24.8. The Bertz CT molecular complexity index is 394. The van der Waals surface area contributed by atoms with E-state index in [2.05, 4.69) is 5.32 Å². The first-order valence-electron chi connectivity index (χ1n) is 7.22. The van der Waals surface area contributed by atoms with E-state index in [1.165, 1.54) is 4.90 Å². The first kappa shape index (κ1) is 17.2. The summed E-state index contributed by atoms with van der Waals surface area (Å²) < 4.78 is 4.96. The predicted molar refractivity (Wildman–Crippen MR) is 75.6 cm³/mol. The van der Waals surface area contributed by atoms with Gasteiger partial charge in [-0.2, -0.15) is 5.26 Å². The highest BCUT2D eigenvalue weighted by Crippen LogP contribution is 2.24. The van der Waals surface area contributed by atoms with E-state index in [1.54, 1.807) is 7.11 Å². The number of nitrogens with one attached hydrogen (secondary N) is 1. The highest BCUT2D eigenvalue weighted by Gasteiger charge is 2.28. The third-order valence-corrected chi connectivity index (χ3v) is 3.70. The normalized spacial score (nSPS) is 21.3. The predicted octanol–water partition coefficient (Wildman–Crippen LogP) is 1.20. The van der Waals surface area contributed by atoms with Crippen LogP contribution in [0.25, 0.3) is 0 Å². The lowest BCUT2D eigenvalue weighted by Gasteiger charge is -2.30. The Balaban J connectivity index is 2.50. The number of carboxylic acids is 1. The lowest BCUT2D eigenvalue weighted by molar-refractivity contribution is -0.143. The van der Waals surface area contributed by atoms with Gasteiger partial charge in [0.2, 0.25) is 0 Å². The lowest BCUT2D eigenvalue weighted by Crippen LogP contribution is -2.48. The molecule has 7 heteroatoms. The number of methoxy groups -OCH3 is 1. The Morgan fingerprint density at radius 1 is 1.43 bits per heavy atom. The minimum absolute atomic E-state index is 0.112. The van der Waals surface area contributed by atoms with Gasteiger partial charge in [-0.1, -0.05) is 6.42 Å². The monoisotopic (exact) mass is 297 g/mol. The van der Waals surface area contributed by atoms with Crippen LogP contribution in [0.5, 0.6) is 0 Å². The van der Waals surface area contributed by atoms with E-state index in [1.807, 2.05) is 6.07 Å². The van der Waals surface area contributed by atoms with E-state index in [0.717, 1.165) is 12.8 Å². The lowest BCUT2D eigenvalue weighted by atomic mass is 9.86. The van der Waals surface area contributed by atoms with Crippen LogP contribution in [-0.4, -0.2) is 54.9 Å². The molecule has 0 aliphatic heterocycles. The Hall–Kier alpha value is -1.81. The van der Waals surface area contributed by atoms with Crippen LogP contribution in [0.15, 0.2) is 0 Å². The van der Waals surface area contributed by atoms with Crippen molar-refractivity contribution in [2.75, 3.05) is 26.8 Å². The molecule has 1 aliphatic rings. The molecule has 0 spiro atoms. The molecule has 1 saturated carbocycles. The van der Waals surface area contributed by atoms with Crippen molar-refractivity contribution in [1.29, 1.82) is 5.26 Å². The van der Waals surface area contributed by atoms with Crippen LogP contribution in [0, 0.1) is 17.2 Å². The summed E-state index contributed by atoms with van der Waals surface area (Å²) in [5.74, 6) is -1.18. The quantitative estimate of drug-likeness (QED) is 0.735. The second-order valence-corrected chi connectivity index (χ2v) is 5.24. The van der Waals surface area contributed by atoms with Crippen molar-refractivity contribution in [2.24, 2.45) is 5.92 Å². The smallest absolute Gasteiger partial charge is 0.317 e. The van der Waals surface area contributed by atoms with E-state index in [-0.39, 0.29) is 24.4 Å². The van der Waals surface area contributed by atoms with Gasteiger partial charge in [-0.05, 0) is 19.3 Å². The molecule has 21 heavy (non-hydrogen) atoms. The van der Waals surface area contributed by atoms with Gasteiger partial charge in [-0.3, -0.25) is 4.79 Å². The first-order chi connectivity index (χ1) is 10.1. The van der Waals surface area contributed by atoms with Crippen LogP contribution < -0.4 is 5.32 Å². The van der Waals surface area contributed by atoms with Crippen LogP contribution in [-0.2, 0) is 9.53 Å². The molecule has 0 heterocycles. The molecule has 2 N–H and O–H groups in total. The number of hydrogen-bond donors (Lipinski definition) is 2. The fraction of sp³-hybridized carbons (Fsp3) is 0.786. The number of ether oxygens (including phenoxy) is 1. The molecule has 0 bridgehead atoms. The summed E-state index contributed by atoms with van der Waals surface area (Å²) in [6.45, 7) is 1.17. The van der Waals surface area contributed by atoms with Crippen molar-refractivity contribution in [2.45, 2.75) is 38.1 Å². The van der Waals surface area contributed by atoms with Crippen LogP contribution in [0.3, 0.4) is 0 Å². The summed E-state index contributed by atoms with van der Waals surface area (Å²) in [7, 11) is 1.55. The molecule has 0 radical (unpaired) electrons. The Morgan fingerprint density at radius 2 is 2.19 bits per heavy atom. The SMILES string of the molecule is COCCN(CCC#N)C(=O)NC1CCCC(C(=O)O)C1. The molecular formula is C14H23N3O4. The zero-order chi connectivity index (χ0) is 15.7. The maximum atomic E-state index is 12.2. The largest absolute Gasteiger partial charge is 0.481 e. The summed E-state index contributed by atoms with van der Waals surface area (Å²) in [6.07, 6.45) is 3.00. The number of aliphatic carboxylic acids is 1. The van der Waals surface area contributed by atoms with Crippen molar-refractivity contribution >= 4 is 12.0 Å². The molecule has 1 fully saturated rings. The number of carbonyl (C=O) groups excluding carboxylic acids is 1. The summed E-state index contributed by atoms with van der Waals surface area (Å²) >= 11 is 0. The zero-order valence-electron chi connectivity index (χ0n) is 12.4. The molecule has 1 rings (SSSR count). The molecule has 0 aromatic rings. The van der Waals surface area contributed by atoms with Crippen molar-refractivity contribution in [1.82, 2.24) is 10.2 Å². The average Bonchev–Trinajstić information content (AvgIpc) is 2.47. The highest BCUT2D eigenvalue weighted by atomic mass is 16.5. The minimum Gasteiger partial charge on any atom is -0.481 e. The maximum Gasteiger partial charge on any atom is 0.317 e. The Morgan fingerprint density at radius 3 is 2.81 bits per heavy atom. The number of carboxylic acid groups (broad SMARTS) is 1. The van der Waals surface area contributed by atoms with Crippen LogP contribution in [0.1, 0.15) is 32.1 Å². The van der Waals surface area contributed by atoms with E-state index < -0.39 is 5.97 Å². The van der Waals surface area contributed by atoms with Gasteiger partial charge in [0, 0.05) is 26.2 Å². The molecule has 2 amide bonds. The number of carbonyl (C=O) groups is 2. The van der Waals surface area contributed by atoms with Crippen molar-refractivity contribution < 1.29 is 19.4 Å². The fourth-order valence-corrected chi connectivity index (χ4v) is 2.51. The minimum atomic E-state index is -0.797. The number of amides is 2. The van der Waals surface area contributed by atoms with E-state index in [4.69, 9.17) is 15.1 Å². The Kier molecular flexibility index (Phi) is 7.54. The summed E-state index contributed by atoms with van der Waals surface area (Å²) in [5.41, 5.74) is 0. The second kappa shape index (κ2) is 9.19.